The summed E-state index contributed by atoms with van der Waals surface area (Å²) in [5.41, 5.74) is 10.8. The van der Waals surface area contributed by atoms with E-state index in [1.54, 1.807) is 0 Å². The van der Waals surface area contributed by atoms with Crippen molar-refractivity contribution in [2.24, 2.45) is 5.73 Å². The number of carbonyl (C=O) groups is 2. The van der Waals surface area contributed by atoms with Crippen molar-refractivity contribution in [2.75, 3.05) is 6.79 Å². The molecular formula is C13H17N5O4S. The number of hydrogen-bond acceptors (Lipinski definition) is 5. The van der Waals surface area contributed by atoms with Gasteiger partial charge >= 0.3 is 6.03 Å². The third-order valence-electron chi connectivity index (χ3n) is 2.94. The minimum Gasteiger partial charge on any atom is -0.454 e. The third kappa shape index (κ3) is 4.88. The van der Waals surface area contributed by atoms with E-state index in [0.717, 1.165) is 5.56 Å². The normalized spacial score (nSPS) is 12.9. The topological polar surface area (TPSA) is 127 Å². The van der Waals surface area contributed by atoms with Crippen molar-refractivity contribution in [2.45, 2.75) is 19.5 Å². The molecule has 0 aromatic heterocycles. The van der Waals surface area contributed by atoms with E-state index in [2.05, 4.69) is 21.5 Å². The van der Waals surface area contributed by atoms with Crippen molar-refractivity contribution in [1.29, 1.82) is 0 Å². The van der Waals surface area contributed by atoms with Crippen LogP contribution in [0, 0.1) is 0 Å². The number of carbonyl (C=O) groups excluding carboxylic acids is 2. The van der Waals surface area contributed by atoms with Crippen molar-refractivity contribution in [3.8, 4) is 11.5 Å². The van der Waals surface area contributed by atoms with Crippen molar-refractivity contribution in [3.05, 3.63) is 23.8 Å². The number of benzene rings is 1. The number of urea groups is 1. The van der Waals surface area contributed by atoms with Crippen LogP contribution in [0.2, 0.25) is 0 Å². The second kappa shape index (κ2) is 7.49. The number of hydrazine groups is 1. The van der Waals surface area contributed by atoms with Gasteiger partial charge in [-0.3, -0.25) is 15.6 Å². The lowest BCUT2D eigenvalue weighted by Gasteiger charge is -2.15. The molecule has 3 amide bonds. The van der Waals surface area contributed by atoms with Crippen LogP contribution in [-0.2, 0) is 11.3 Å². The minimum atomic E-state index is -0.781. The number of thiocarbonyl (C=S) groups is 1. The van der Waals surface area contributed by atoms with Crippen LogP contribution in [0.4, 0.5) is 4.79 Å². The maximum Gasteiger partial charge on any atom is 0.312 e. The van der Waals surface area contributed by atoms with Crippen LogP contribution < -0.4 is 36.7 Å². The Balaban J connectivity index is 1.73. The van der Waals surface area contributed by atoms with Gasteiger partial charge in [0.15, 0.2) is 16.6 Å². The molecule has 1 unspecified atom stereocenters. The first-order chi connectivity index (χ1) is 11.0. The number of nitrogens with one attached hydrogen (secondary N) is 4. The first-order valence-corrected chi connectivity index (χ1v) is 7.14. The zero-order valence-electron chi connectivity index (χ0n) is 12.3. The van der Waals surface area contributed by atoms with Crippen LogP contribution in [0.1, 0.15) is 12.5 Å². The molecule has 23 heavy (non-hydrogen) atoms. The summed E-state index contributed by atoms with van der Waals surface area (Å²) in [5, 5.41) is 5.39. The van der Waals surface area contributed by atoms with Gasteiger partial charge in [0.2, 0.25) is 6.79 Å². The van der Waals surface area contributed by atoms with E-state index in [1.807, 2.05) is 18.2 Å². The summed E-state index contributed by atoms with van der Waals surface area (Å²) < 4.78 is 10.5. The molecule has 0 spiro atoms. The number of fused-ring (bicyclic) bond motifs is 1. The van der Waals surface area contributed by atoms with Crippen LogP contribution in [0.15, 0.2) is 18.2 Å². The first-order valence-electron chi connectivity index (χ1n) is 6.74. The van der Waals surface area contributed by atoms with Gasteiger partial charge in [-0.15, -0.1) is 0 Å². The van der Waals surface area contributed by atoms with E-state index in [4.69, 9.17) is 27.4 Å². The zero-order chi connectivity index (χ0) is 16.8. The molecule has 2 rings (SSSR count). The zero-order valence-corrected chi connectivity index (χ0v) is 13.2. The molecule has 0 saturated heterocycles. The maximum atomic E-state index is 11.6. The van der Waals surface area contributed by atoms with Gasteiger partial charge in [0.05, 0.1) is 0 Å². The molecule has 0 bridgehead atoms. The third-order valence-corrected chi connectivity index (χ3v) is 3.19. The van der Waals surface area contributed by atoms with Crippen LogP contribution in [0.3, 0.4) is 0 Å². The maximum absolute atomic E-state index is 11.6. The Morgan fingerprint density at radius 1 is 1.30 bits per heavy atom. The molecule has 1 aromatic carbocycles. The van der Waals surface area contributed by atoms with E-state index in [0.29, 0.717) is 18.0 Å². The van der Waals surface area contributed by atoms with Gasteiger partial charge in [0.1, 0.15) is 6.04 Å². The van der Waals surface area contributed by atoms with Gasteiger partial charge in [-0.05, 0) is 36.8 Å². The van der Waals surface area contributed by atoms with E-state index in [9.17, 15) is 9.59 Å². The fourth-order valence-corrected chi connectivity index (χ4v) is 1.91. The molecule has 1 heterocycles. The summed E-state index contributed by atoms with van der Waals surface area (Å²) in [6, 6.07) is 3.97. The van der Waals surface area contributed by atoms with E-state index in [-0.39, 0.29) is 11.9 Å². The van der Waals surface area contributed by atoms with Crippen molar-refractivity contribution in [3.63, 3.8) is 0 Å². The predicted molar refractivity (Wildman–Crippen MR) is 85.5 cm³/mol. The molecule has 10 heteroatoms. The summed E-state index contributed by atoms with van der Waals surface area (Å²) in [5.74, 6) is 0.913. The molecule has 1 aliphatic rings. The van der Waals surface area contributed by atoms with Crippen molar-refractivity contribution < 1.29 is 19.1 Å². The molecule has 0 fully saturated rings. The molecule has 1 aromatic rings. The number of nitrogens with two attached hydrogens (primary N) is 1. The molecule has 124 valence electrons. The number of rotatable bonds is 4. The first kappa shape index (κ1) is 16.6. The minimum absolute atomic E-state index is 0.218. The molecule has 0 radical (unpaired) electrons. The van der Waals surface area contributed by atoms with Gasteiger partial charge in [-0.25, -0.2) is 4.79 Å². The quantitative estimate of drug-likeness (QED) is 0.368. The van der Waals surface area contributed by atoms with Crippen molar-refractivity contribution in [1.82, 2.24) is 21.5 Å². The summed E-state index contributed by atoms with van der Waals surface area (Å²) in [6.45, 7) is 2.15. The Labute approximate surface area is 137 Å². The fourth-order valence-electron chi connectivity index (χ4n) is 1.78. The Morgan fingerprint density at radius 2 is 2.04 bits per heavy atom. The lowest BCUT2D eigenvalue weighted by atomic mass is 10.2. The molecular weight excluding hydrogens is 322 g/mol. The average molecular weight is 339 g/mol. The highest BCUT2D eigenvalue weighted by atomic mass is 32.1. The second-order valence-corrected chi connectivity index (χ2v) is 5.12. The Hall–Kier alpha value is -2.75. The predicted octanol–water partition coefficient (Wildman–Crippen LogP) is -0.533. The van der Waals surface area contributed by atoms with Gasteiger partial charge in [0.25, 0.3) is 5.91 Å². The highest BCUT2D eigenvalue weighted by Gasteiger charge is 2.14. The molecule has 0 saturated carbocycles. The lowest BCUT2D eigenvalue weighted by Crippen LogP contribution is -2.53. The highest BCUT2D eigenvalue weighted by Crippen LogP contribution is 2.32. The van der Waals surface area contributed by atoms with Crippen molar-refractivity contribution >= 4 is 29.3 Å². The van der Waals surface area contributed by atoms with Gasteiger partial charge in [0, 0.05) is 6.54 Å². The Kier molecular flexibility index (Phi) is 5.41. The lowest BCUT2D eigenvalue weighted by molar-refractivity contribution is -0.123. The Bertz CT molecular complexity index is 624. The van der Waals surface area contributed by atoms with Crippen LogP contribution in [0.25, 0.3) is 0 Å². The summed E-state index contributed by atoms with van der Waals surface area (Å²) in [4.78, 5) is 22.3. The Morgan fingerprint density at radius 3 is 2.78 bits per heavy atom. The van der Waals surface area contributed by atoms with Crippen LogP contribution in [-0.4, -0.2) is 29.9 Å². The smallest absolute Gasteiger partial charge is 0.312 e. The summed E-state index contributed by atoms with van der Waals surface area (Å²) in [6.07, 6.45) is 0. The summed E-state index contributed by atoms with van der Waals surface area (Å²) >= 11 is 5.04. The molecule has 9 nitrogen and oxygen atoms in total. The number of hydrogen-bond donors (Lipinski definition) is 5. The van der Waals surface area contributed by atoms with E-state index < -0.39 is 18.0 Å². The van der Waals surface area contributed by atoms with Gasteiger partial charge < -0.3 is 25.8 Å². The van der Waals surface area contributed by atoms with E-state index >= 15 is 0 Å². The number of primary amides is 1. The standard InChI is InChI=1S/C13H17N5O4S/c1-7(16-12(14)20)11(19)17-18-13(23)15-5-8-2-3-9-10(4-8)22-6-21-9/h2-4,7H,5-6H2,1H3,(H,17,19)(H3,14,16,20)(H2,15,18,23). The largest absolute Gasteiger partial charge is 0.454 e. The molecule has 1 atom stereocenters. The molecule has 6 N–H and O–H groups in total. The van der Waals surface area contributed by atoms with Gasteiger partial charge in [-0.2, -0.15) is 0 Å². The average Bonchev–Trinajstić information content (AvgIpc) is 2.97. The second-order valence-electron chi connectivity index (χ2n) is 4.71. The van der Waals surface area contributed by atoms with Gasteiger partial charge in [-0.1, -0.05) is 6.07 Å². The molecule has 0 aliphatic carbocycles. The number of amides is 3. The molecule has 1 aliphatic heterocycles. The fraction of sp³-hybridized carbons (Fsp3) is 0.308. The van der Waals surface area contributed by atoms with Crippen LogP contribution in [0.5, 0.6) is 11.5 Å². The monoisotopic (exact) mass is 339 g/mol. The number of ether oxygens (including phenoxy) is 2. The van der Waals surface area contributed by atoms with Crippen LogP contribution >= 0.6 is 12.2 Å². The van der Waals surface area contributed by atoms with E-state index in [1.165, 1.54) is 6.92 Å². The summed E-state index contributed by atoms with van der Waals surface area (Å²) in [7, 11) is 0. The SMILES string of the molecule is CC(NC(N)=O)C(=O)NNC(=S)NCc1ccc2c(c1)OCO2. The highest BCUT2D eigenvalue weighted by molar-refractivity contribution is 7.80.